The summed E-state index contributed by atoms with van der Waals surface area (Å²) >= 11 is 0. The first kappa shape index (κ1) is 26.4. The number of carbonyl (C=O) groups is 1. The summed E-state index contributed by atoms with van der Waals surface area (Å²) in [4.78, 5) is 11.7. The summed E-state index contributed by atoms with van der Waals surface area (Å²) < 4.78 is 5.26. The molecule has 0 bridgehead atoms. The summed E-state index contributed by atoms with van der Waals surface area (Å²) in [7, 11) is 0. The second kappa shape index (κ2) is 20.2. The molecule has 3 heteroatoms. The molecule has 0 amide bonds. The summed E-state index contributed by atoms with van der Waals surface area (Å²) in [6, 6.07) is -0.453. The van der Waals surface area contributed by atoms with Gasteiger partial charge in [-0.05, 0) is 18.8 Å². The Bertz CT molecular complexity index is 318. The van der Waals surface area contributed by atoms with Gasteiger partial charge in [0.15, 0.2) is 0 Å². The molecule has 0 aliphatic carbocycles. The highest BCUT2D eigenvalue weighted by Crippen LogP contribution is 2.13. The zero-order chi connectivity index (χ0) is 20.2. The van der Waals surface area contributed by atoms with Crippen molar-refractivity contribution in [3.8, 4) is 0 Å². The van der Waals surface area contributed by atoms with Gasteiger partial charge in [-0.1, -0.05) is 117 Å². The maximum absolute atomic E-state index is 11.7. The SMILES string of the molecule is CCCCCCCCCCCCCCCCCCOC(=O)[C@@H](N)CC(C)C. The lowest BCUT2D eigenvalue weighted by Crippen LogP contribution is -2.33. The van der Waals surface area contributed by atoms with Crippen LogP contribution < -0.4 is 5.73 Å². The summed E-state index contributed by atoms with van der Waals surface area (Å²) in [5, 5.41) is 0. The average molecular weight is 384 g/mol. The van der Waals surface area contributed by atoms with Gasteiger partial charge in [0.1, 0.15) is 6.04 Å². The van der Waals surface area contributed by atoms with Crippen molar-refractivity contribution in [1.82, 2.24) is 0 Å². The molecule has 27 heavy (non-hydrogen) atoms. The highest BCUT2D eigenvalue weighted by atomic mass is 16.5. The molecule has 0 aromatic rings. The number of carbonyl (C=O) groups excluding carboxylic acids is 1. The molecule has 0 unspecified atom stereocenters. The lowest BCUT2D eigenvalue weighted by Gasteiger charge is -2.13. The molecule has 0 spiro atoms. The van der Waals surface area contributed by atoms with Gasteiger partial charge in [-0.3, -0.25) is 4.79 Å². The highest BCUT2D eigenvalue weighted by Gasteiger charge is 2.15. The Balaban J connectivity index is 3.18. The largest absolute Gasteiger partial charge is 0.465 e. The number of nitrogens with two attached hydrogens (primary N) is 1. The molecular weight excluding hydrogens is 334 g/mol. The van der Waals surface area contributed by atoms with Crippen LogP contribution in [0.2, 0.25) is 0 Å². The fourth-order valence-electron chi connectivity index (χ4n) is 3.53. The van der Waals surface area contributed by atoms with E-state index in [2.05, 4.69) is 20.8 Å². The minimum Gasteiger partial charge on any atom is -0.465 e. The summed E-state index contributed by atoms with van der Waals surface area (Å²) in [5.74, 6) is 0.202. The summed E-state index contributed by atoms with van der Waals surface area (Å²) in [6.07, 6.45) is 22.4. The van der Waals surface area contributed by atoms with Crippen molar-refractivity contribution >= 4 is 5.97 Å². The summed E-state index contributed by atoms with van der Waals surface area (Å²) in [5.41, 5.74) is 5.82. The Hall–Kier alpha value is -0.570. The molecule has 0 aliphatic rings. The van der Waals surface area contributed by atoms with Gasteiger partial charge in [-0.2, -0.15) is 0 Å². The van der Waals surface area contributed by atoms with Crippen molar-refractivity contribution < 1.29 is 9.53 Å². The molecule has 0 aliphatic heterocycles. The van der Waals surface area contributed by atoms with E-state index in [1.165, 1.54) is 89.9 Å². The quantitative estimate of drug-likeness (QED) is 0.179. The molecule has 3 nitrogen and oxygen atoms in total. The third-order valence-corrected chi connectivity index (χ3v) is 5.27. The van der Waals surface area contributed by atoms with Crippen LogP contribution in [0.3, 0.4) is 0 Å². The van der Waals surface area contributed by atoms with Gasteiger partial charge in [0.25, 0.3) is 0 Å². The number of unbranched alkanes of at least 4 members (excludes halogenated alkanes) is 15. The van der Waals surface area contributed by atoms with E-state index in [0.717, 1.165) is 12.8 Å². The number of hydrogen-bond acceptors (Lipinski definition) is 3. The second-order valence-corrected chi connectivity index (χ2v) is 8.71. The Morgan fingerprint density at radius 3 is 1.44 bits per heavy atom. The van der Waals surface area contributed by atoms with E-state index < -0.39 is 6.04 Å². The van der Waals surface area contributed by atoms with Gasteiger partial charge < -0.3 is 10.5 Å². The van der Waals surface area contributed by atoms with E-state index >= 15 is 0 Å². The maximum Gasteiger partial charge on any atom is 0.322 e. The molecule has 162 valence electrons. The van der Waals surface area contributed by atoms with Crippen LogP contribution in [0.5, 0.6) is 0 Å². The van der Waals surface area contributed by atoms with Gasteiger partial charge in [0.2, 0.25) is 0 Å². The zero-order valence-electron chi connectivity index (χ0n) is 18.8. The summed E-state index contributed by atoms with van der Waals surface area (Å²) in [6.45, 7) is 6.96. The first-order valence-electron chi connectivity index (χ1n) is 12.0. The van der Waals surface area contributed by atoms with E-state index in [0.29, 0.717) is 18.9 Å². The molecule has 0 heterocycles. The Morgan fingerprint density at radius 1 is 0.704 bits per heavy atom. The molecule has 0 aromatic heterocycles. The normalized spacial score (nSPS) is 12.5. The van der Waals surface area contributed by atoms with Crippen molar-refractivity contribution in [2.45, 2.75) is 136 Å². The first-order chi connectivity index (χ1) is 13.1. The number of hydrogen-bond donors (Lipinski definition) is 1. The van der Waals surface area contributed by atoms with Crippen molar-refractivity contribution in [3.05, 3.63) is 0 Å². The van der Waals surface area contributed by atoms with Crippen LogP contribution in [0.15, 0.2) is 0 Å². The zero-order valence-corrected chi connectivity index (χ0v) is 18.8. The Kier molecular flexibility index (Phi) is 19.7. The standard InChI is InChI=1S/C24H49NO2/c1-4-5-6-7-8-9-10-11-12-13-14-15-16-17-18-19-20-27-24(26)23(25)21-22(2)3/h22-23H,4-21,25H2,1-3H3/t23-/m0/s1. The van der Waals surface area contributed by atoms with E-state index in [1.54, 1.807) is 0 Å². The predicted octanol–water partition coefficient (Wildman–Crippen LogP) is 7.16. The maximum atomic E-state index is 11.7. The van der Waals surface area contributed by atoms with Gasteiger partial charge in [-0.25, -0.2) is 0 Å². The molecule has 0 saturated heterocycles. The fourth-order valence-corrected chi connectivity index (χ4v) is 3.53. The third-order valence-electron chi connectivity index (χ3n) is 5.27. The molecule has 1 atom stereocenters. The van der Waals surface area contributed by atoms with Gasteiger partial charge >= 0.3 is 5.97 Å². The third kappa shape index (κ3) is 20.0. The number of ether oxygens (including phenoxy) is 1. The highest BCUT2D eigenvalue weighted by molar-refractivity contribution is 5.75. The topological polar surface area (TPSA) is 52.3 Å². The van der Waals surface area contributed by atoms with Gasteiger partial charge in [0, 0.05) is 0 Å². The van der Waals surface area contributed by atoms with Crippen molar-refractivity contribution in [3.63, 3.8) is 0 Å². The first-order valence-corrected chi connectivity index (χ1v) is 12.0. The number of esters is 1. The minimum atomic E-state index is -0.453. The molecule has 2 N–H and O–H groups in total. The van der Waals surface area contributed by atoms with Crippen molar-refractivity contribution in [2.24, 2.45) is 11.7 Å². The molecule has 0 radical (unpaired) electrons. The van der Waals surface area contributed by atoms with Crippen LogP contribution in [-0.4, -0.2) is 18.6 Å². The molecule has 0 saturated carbocycles. The smallest absolute Gasteiger partial charge is 0.322 e. The Morgan fingerprint density at radius 2 is 1.07 bits per heavy atom. The lowest BCUT2D eigenvalue weighted by molar-refractivity contribution is -0.145. The van der Waals surface area contributed by atoms with E-state index in [4.69, 9.17) is 10.5 Å². The van der Waals surface area contributed by atoms with Crippen LogP contribution in [-0.2, 0) is 9.53 Å². The number of rotatable bonds is 20. The van der Waals surface area contributed by atoms with Gasteiger partial charge in [0.05, 0.1) is 6.61 Å². The van der Waals surface area contributed by atoms with E-state index in [9.17, 15) is 4.79 Å². The minimum absolute atomic E-state index is 0.232. The van der Waals surface area contributed by atoms with Crippen molar-refractivity contribution in [2.75, 3.05) is 6.61 Å². The molecule has 0 aromatic carbocycles. The van der Waals surface area contributed by atoms with Crippen LogP contribution >= 0.6 is 0 Å². The monoisotopic (exact) mass is 383 g/mol. The second-order valence-electron chi connectivity index (χ2n) is 8.71. The van der Waals surface area contributed by atoms with Crippen LogP contribution in [0.1, 0.15) is 130 Å². The van der Waals surface area contributed by atoms with E-state index in [1.807, 2.05) is 0 Å². The lowest BCUT2D eigenvalue weighted by atomic mass is 10.0. The molecule has 0 rings (SSSR count). The Labute approximate surface area is 170 Å². The van der Waals surface area contributed by atoms with Gasteiger partial charge in [-0.15, -0.1) is 0 Å². The van der Waals surface area contributed by atoms with Crippen LogP contribution in [0, 0.1) is 5.92 Å². The van der Waals surface area contributed by atoms with Crippen molar-refractivity contribution in [1.29, 1.82) is 0 Å². The molecular formula is C24H49NO2. The predicted molar refractivity (Wildman–Crippen MR) is 118 cm³/mol. The van der Waals surface area contributed by atoms with Crippen LogP contribution in [0.25, 0.3) is 0 Å². The molecule has 0 fully saturated rings. The van der Waals surface area contributed by atoms with Crippen LogP contribution in [0.4, 0.5) is 0 Å². The fraction of sp³-hybridized carbons (Fsp3) is 0.958. The van der Waals surface area contributed by atoms with E-state index in [-0.39, 0.29) is 5.97 Å². The average Bonchev–Trinajstić information content (AvgIpc) is 2.63.